The van der Waals surface area contributed by atoms with Crippen molar-refractivity contribution in [2.24, 2.45) is 5.92 Å². The van der Waals surface area contributed by atoms with Crippen molar-refractivity contribution in [2.75, 3.05) is 0 Å². The van der Waals surface area contributed by atoms with Gasteiger partial charge >= 0.3 is 0 Å². The van der Waals surface area contributed by atoms with Gasteiger partial charge in [-0.15, -0.1) is 0 Å². The summed E-state index contributed by atoms with van der Waals surface area (Å²) in [6.45, 7) is 4.81. The minimum absolute atomic E-state index is 0.187. The fourth-order valence-corrected chi connectivity index (χ4v) is 1.57. The Morgan fingerprint density at radius 2 is 2.08 bits per heavy atom. The monoisotopic (exact) mass is 177 g/mol. The van der Waals surface area contributed by atoms with Gasteiger partial charge in [-0.3, -0.25) is 4.79 Å². The Balaban J connectivity index is 2.40. The Morgan fingerprint density at radius 3 is 2.69 bits per heavy atom. The molecule has 0 unspecified atom stereocenters. The molecule has 0 bridgehead atoms. The van der Waals surface area contributed by atoms with Gasteiger partial charge in [0.25, 0.3) is 5.56 Å². The second-order valence-electron chi connectivity index (χ2n) is 4.02. The van der Waals surface area contributed by atoms with Crippen LogP contribution in [-0.2, 0) is 6.54 Å². The maximum Gasteiger partial charge on any atom is 0.253 e. The number of hydrogen-bond donors (Lipinski definition) is 0. The van der Waals surface area contributed by atoms with Crippen LogP contribution >= 0.6 is 0 Å². The smallest absolute Gasteiger partial charge is 0.253 e. The van der Waals surface area contributed by atoms with Gasteiger partial charge in [0.05, 0.1) is 0 Å². The molecule has 0 amide bonds. The third kappa shape index (κ3) is 1.67. The Kier molecular flexibility index (Phi) is 1.98. The van der Waals surface area contributed by atoms with Gasteiger partial charge < -0.3 is 4.57 Å². The summed E-state index contributed by atoms with van der Waals surface area (Å²) in [5.41, 5.74) is 2.13. The summed E-state index contributed by atoms with van der Waals surface area (Å²) in [6.07, 6.45) is 2.58. The van der Waals surface area contributed by atoms with E-state index in [-0.39, 0.29) is 5.56 Å². The van der Waals surface area contributed by atoms with Crippen LogP contribution in [0.4, 0.5) is 0 Å². The first-order valence-corrected chi connectivity index (χ1v) is 4.85. The van der Waals surface area contributed by atoms with E-state index < -0.39 is 0 Å². The van der Waals surface area contributed by atoms with Crippen molar-refractivity contribution in [1.82, 2.24) is 4.57 Å². The zero-order valence-corrected chi connectivity index (χ0v) is 8.21. The molecule has 1 aliphatic carbocycles. The molecule has 0 radical (unpaired) electrons. The number of pyridine rings is 1. The van der Waals surface area contributed by atoms with Crippen molar-refractivity contribution in [3.8, 4) is 0 Å². The van der Waals surface area contributed by atoms with Crippen molar-refractivity contribution >= 4 is 0 Å². The molecule has 0 atom stereocenters. The minimum Gasteiger partial charge on any atom is -0.312 e. The second-order valence-corrected chi connectivity index (χ2v) is 4.02. The van der Waals surface area contributed by atoms with Gasteiger partial charge in [0.1, 0.15) is 0 Å². The highest BCUT2D eigenvalue weighted by Gasteiger charge is 2.22. The standard InChI is InChI=1S/C11H15NO/c1-8-3-4-9(2)12(11(8)13)7-10-5-6-10/h3-4,10H,5-7H2,1-2H3. The molecule has 0 saturated heterocycles. The first kappa shape index (κ1) is 8.54. The normalized spacial score (nSPS) is 16.2. The Bertz CT molecular complexity index is 374. The third-order valence-corrected chi connectivity index (χ3v) is 2.72. The molecule has 1 fully saturated rings. The van der Waals surface area contributed by atoms with Crippen LogP contribution < -0.4 is 5.56 Å². The van der Waals surface area contributed by atoms with Crippen LogP contribution in [0.1, 0.15) is 24.1 Å². The van der Waals surface area contributed by atoms with E-state index in [0.717, 1.165) is 23.7 Å². The highest BCUT2D eigenvalue weighted by atomic mass is 16.1. The van der Waals surface area contributed by atoms with E-state index in [1.54, 1.807) is 0 Å². The van der Waals surface area contributed by atoms with E-state index in [0.29, 0.717) is 0 Å². The number of rotatable bonds is 2. The summed E-state index contributed by atoms with van der Waals surface area (Å²) in [7, 11) is 0. The van der Waals surface area contributed by atoms with Gasteiger partial charge in [0.2, 0.25) is 0 Å². The van der Waals surface area contributed by atoms with Gasteiger partial charge in [-0.1, -0.05) is 6.07 Å². The zero-order chi connectivity index (χ0) is 9.42. The number of aromatic nitrogens is 1. The largest absolute Gasteiger partial charge is 0.312 e. The Morgan fingerprint density at radius 1 is 1.38 bits per heavy atom. The first-order valence-electron chi connectivity index (χ1n) is 4.85. The Labute approximate surface area is 78.2 Å². The quantitative estimate of drug-likeness (QED) is 0.676. The highest BCUT2D eigenvalue weighted by molar-refractivity contribution is 5.13. The van der Waals surface area contributed by atoms with Gasteiger partial charge in [0, 0.05) is 17.8 Å². The molecule has 1 aliphatic rings. The molecule has 1 aromatic rings. The average Bonchev–Trinajstić information content (AvgIpc) is 2.89. The SMILES string of the molecule is Cc1ccc(C)n(CC2CC2)c1=O. The molecule has 0 spiro atoms. The van der Waals surface area contributed by atoms with Crippen molar-refractivity contribution in [3.63, 3.8) is 0 Å². The summed E-state index contributed by atoms with van der Waals surface area (Å²) in [5.74, 6) is 0.762. The Hall–Kier alpha value is -1.05. The van der Waals surface area contributed by atoms with Crippen molar-refractivity contribution in [3.05, 3.63) is 33.7 Å². The molecule has 0 aromatic carbocycles. The maximum atomic E-state index is 11.7. The third-order valence-electron chi connectivity index (χ3n) is 2.72. The molecule has 1 saturated carbocycles. The second kappa shape index (κ2) is 3.02. The lowest BCUT2D eigenvalue weighted by Gasteiger charge is -2.09. The molecule has 1 aromatic heterocycles. The van der Waals surface area contributed by atoms with E-state index in [9.17, 15) is 4.79 Å². The fourth-order valence-electron chi connectivity index (χ4n) is 1.57. The van der Waals surface area contributed by atoms with Gasteiger partial charge in [0.15, 0.2) is 0 Å². The van der Waals surface area contributed by atoms with Gasteiger partial charge in [-0.25, -0.2) is 0 Å². The van der Waals surface area contributed by atoms with Crippen LogP contribution in [-0.4, -0.2) is 4.57 Å². The van der Waals surface area contributed by atoms with Crippen LogP contribution in [0.25, 0.3) is 0 Å². The molecule has 70 valence electrons. The van der Waals surface area contributed by atoms with Crippen LogP contribution in [0.3, 0.4) is 0 Å². The van der Waals surface area contributed by atoms with Gasteiger partial charge in [-0.05, 0) is 38.7 Å². The number of nitrogens with zero attached hydrogens (tertiary/aromatic N) is 1. The van der Waals surface area contributed by atoms with E-state index in [1.807, 2.05) is 30.5 Å². The predicted molar refractivity (Wildman–Crippen MR) is 52.9 cm³/mol. The lowest BCUT2D eigenvalue weighted by atomic mass is 10.2. The van der Waals surface area contributed by atoms with Crippen LogP contribution in [0.15, 0.2) is 16.9 Å². The first-order chi connectivity index (χ1) is 6.18. The lowest BCUT2D eigenvalue weighted by Crippen LogP contribution is -2.24. The molecule has 1 heterocycles. The van der Waals surface area contributed by atoms with Crippen LogP contribution in [0.2, 0.25) is 0 Å². The molecule has 2 rings (SSSR count). The van der Waals surface area contributed by atoms with Crippen molar-refractivity contribution in [2.45, 2.75) is 33.2 Å². The van der Waals surface area contributed by atoms with Crippen molar-refractivity contribution in [1.29, 1.82) is 0 Å². The topological polar surface area (TPSA) is 22.0 Å². The number of aryl methyl sites for hydroxylation is 2. The van der Waals surface area contributed by atoms with E-state index >= 15 is 0 Å². The van der Waals surface area contributed by atoms with E-state index in [1.165, 1.54) is 12.8 Å². The summed E-state index contributed by atoms with van der Waals surface area (Å²) in [6, 6.07) is 3.93. The van der Waals surface area contributed by atoms with E-state index in [2.05, 4.69) is 0 Å². The maximum absolute atomic E-state index is 11.7. The van der Waals surface area contributed by atoms with Crippen LogP contribution in [0, 0.1) is 19.8 Å². The molecular weight excluding hydrogens is 162 g/mol. The summed E-state index contributed by atoms with van der Waals surface area (Å²) in [5, 5.41) is 0. The number of hydrogen-bond acceptors (Lipinski definition) is 1. The molecule has 2 heteroatoms. The van der Waals surface area contributed by atoms with Crippen molar-refractivity contribution < 1.29 is 0 Å². The van der Waals surface area contributed by atoms with Gasteiger partial charge in [-0.2, -0.15) is 0 Å². The summed E-state index contributed by atoms with van der Waals surface area (Å²) in [4.78, 5) is 11.7. The summed E-state index contributed by atoms with van der Waals surface area (Å²) >= 11 is 0. The molecular formula is C11H15NO. The molecule has 0 N–H and O–H groups in total. The summed E-state index contributed by atoms with van der Waals surface area (Å²) < 4.78 is 1.91. The molecule has 2 nitrogen and oxygen atoms in total. The minimum atomic E-state index is 0.187. The predicted octanol–water partition coefficient (Wildman–Crippen LogP) is 1.88. The van der Waals surface area contributed by atoms with E-state index in [4.69, 9.17) is 0 Å². The fraction of sp³-hybridized carbons (Fsp3) is 0.545. The lowest BCUT2D eigenvalue weighted by molar-refractivity contribution is 0.589. The zero-order valence-electron chi connectivity index (χ0n) is 8.21. The molecule has 13 heavy (non-hydrogen) atoms. The average molecular weight is 177 g/mol. The molecule has 0 aliphatic heterocycles. The van der Waals surface area contributed by atoms with Crippen LogP contribution in [0.5, 0.6) is 0 Å². The highest BCUT2D eigenvalue weighted by Crippen LogP contribution is 2.30.